The lowest BCUT2D eigenvalue weighted by Crippen LogP contribution is -2.28. The molecule has 0 aliphatic heterocycles. The van der Waals surface area contributed by atoms with Crippen molar-refractivity contribution in [1.82, 2.24) is 0 Å². The van der Waals surface area contributed by atoms with Gasteiger partial charge >= 0.3 is 11.9 Å². The second-order valence-corrected chi connectivity index (χ2v) is 7.88. The molecule has 0 saturated carbocycles. The predicted octanol–water partition coefficient (Wildman–Crippen LogP) is 5.12. The number of hydrogen-bond donors (Lipinski definition) is 0. The third kappa shape index (κ3) is 7.99. The first-order chi connectivity index (χ1) is 15.3. The third-order valence-electron chi connectivity index (χ3n) is 4.91. The molecule has 0 aliphatic rings. The molecule has 5 nitrogen and oxygen atoms in total. The summed E-state index contributed by atoms with van der Waals surface area (Å²) in [4.78, 5) is 37.0. The Bertz CT molecular complexity index is 894. The van der Waals surface area contributed by atoms with E-state index < -0.39 is 23.8 Å². The molecule has 2 rings (SSSR count). The van der Waals surface area contributed by atoms with Gasteiger partial charge in [-0.25, -0.2) is 9.59 Å². The van der Waals surface area contributed by atoms with Crippen molar-refractivity contribution in [1.29, 1.82) is 0 Å². The van der Waals surface area contributed by atoms with Crippen LogP contribution in [0.2, 0.25) is 0 Å². The summed E-state index contributed by atoms with van der Waals surface area (Å²) in [6.07, 6.45) is 3.48. The average Bonchev–Trinajstić information content (AvgIpc) is 2.81. The van der Waals surface area contributed by atoms with Gasteiger partial charge in [0.05, 0.1) is 0 Å². The zero-order valence-electron chi connectivity index (χ0n) is 19.0. The number of benzene rings is 2. The van der Waals surface area contributed by atoms with Crippen LogP contribution < -0.4 is 0 Å². The van der Waals surface area contributed by atoms with E-state index in [1.54, 1.807) is 39.8 Å². The lowest BCUT2D eigenvalue weighted by atomic mass is 9.97. The molecule has 0 aliphatic carbocycles. The molecule has 0 heterocycles. The first kappa shape index (κ1) is 24.8. The van der Waals surface area contributed by atoms with Crippen LogP contribution in [0.15, 0.2) is 71.8 Å². The highest BCUT2D eigenvalue weighted by molar-refractivity contribution is 5.94. The van der Waals surface area contributed by atoms with Crippen LogP contribution in [0.1, 0.15) is 38.8 Å². The minimum Gasteiger partial charge on any atom is -0.462 e. The Hall–Kier alpha value is -3.47. The molecule has 2 aromatic carbocycles. The summed E-state index contributed by atoms with van der Waals surface area (Å²) in [5.74, 6) is -2.06. The first-order valence-electron chi connectivity index (χ1n) is 10.6. The minimum atomic E-state index is -0.502. The Morgan fingerprint density at radius 3 is 1.38 bits per heavy atom. The second kappa shape index (κ2) is 12.4. The van der Waals surface area contributed by atoms with Crippen molar-refractivity contribution < 1.29 is 23.9 Å². The fraction of sp³-hybridized carbons (Fsp3) is 0.296. The number of carbonyl (C=O) groups is 3. The topological polar surface area (TPSA) is 69.7 Å². The van der Waals surface area contributed by atoms with Gasteiger partial charge in [0.2, 0.25) is 0 Å². The molecule has 0 saturated heterocycles. The standard InChI is InChI=1S/C27H30O5/c1-19(15-23-11-7-5-8-12-23)26(29)31-17-21(3)25(28)22(4)18-32-27(30)20(2)16-24-13-9-6-10-14-24/h5-16,21-22H,17-18H2,1-4H3. The highest BCUT2D eigenvalue weighted by Gasteiger charge is 2.23. The molecule has 0 spiro atoms. The molecule has 2 atom stereocenters. The Balaban J connectivity index is 1.80. The molecule has 0 bridgehead atoms. The summed E-state index contributed by atoms with van der Waals surface area (Å²) in [6, 6.07) is 18.9. The van der Waals surface area contributed by atoms with Crippen LogP contribution in [0.5, 0.6) is 0 Å². The highest BCUT2D eigenvalue weighted by atomic mass is 16.5. The number of carbonyl (C=O) groups excluding carboxylic acids is 3. The van der Waals surface area contributed by atoms with Crippen LogP contribution >= 0.6 is 0 Å². The van der Waals surface area contributed by atoms with E-state index in [0.29, 0.717) is 11.1 Å². The number of rotatable bonds is 10. The van der Waals surface area contributed by atoms with Crippen molar-refractivity contribution >= 4 is 29.9 Å². The summed E-state index contributed by atoms with van der Waals surface area (Å²) in [7, 11) is 0. The normalized spacial score (nSPS) is 13.8. The first-order valence-corrected chi connectivity index (χ1v) is 10.6. The van der Waals surface area contributed by atoms with Crippen molar-refractivity contribution in [2.24, 2.45) is 11.8 Å². The molecule has 0 N–H and O–H groups in total. The van der Waals surface area contributed by atoms with Gasteiger partial charge in [-0.05, 0) is 37.1 Å². The zero-order chi connectivity index (χ0) is 23.5. The van der Waals surface area contributed by atoms with Crippen molar-refractivity contribution in [2.75, 3.05) is 13.2 Å². The second-order valence-electron chi connectivity index (χ2n) is 7.88. The van der Waals surface area contributed by atoms with E-state index in [-0.39, 0.29) is 19.0 Å². The number of Topliss-reactive ketones (excluding diaryl/α,β-unsaturated/α-hetero) is 1. The van der Waals surface area contributed by atoms with E-state index in [1.807, 2.05) is 60.7 Å². The molecular formula is C27H30O5. The maximum absolute atomic E-state index is 12.6. The highest BCUT2D eigenvalue weighted by Crippen LogP contribution is 2.13. The predicted molar refractivity (Wildman–Crippen MR) is 125 cm³/mol. The van der Waals surface area contributed by atoms with Gasteiger partial charge in [0, 0.05) is 23.0 Å². The smallest absolute Gasteiger partial charge is 0.333 e. The summed E-state index contributed by atoms with van der Waals surface area (Å²) >= 11 is 0. The van der Waals surface area contributed by atoms with Crippen LogP contribution in [0.3, 0.4) is 0 Å². The van der Waals surface area contributed by atoms with Crippen LogP contribution in [-0.4, -0.2) is 30.9 Å². The maximum atomic E-state index is 12.6. The van der Waals surface area contributed by atoms with Crippen LogP contribution in [0, 0.1) is 11.8 Å². The third-order valence-corrected chi connectivity index (χ3v) is 4.91. The summed E-state index contributed by atoms with van der Waals surface area (Å²) in [6.45, 7) is 6.70. The number of esters is 2. The van der Waals surface area contributed by atoms with Crippen LogP contribution in [-0.2, 0) is 23.9 Å². The van der Waals surface area contributed by atoms with E-state index in [2.05, 4.69) is 0 Å². The Kier molecular flexibility index (Phi) is 9.61. The van der Waals surface area contributed by atoms with Gasteiger partial charge in [0.25, 0.3) is 0 Å². The van der Waals surface area contributed by atoms with Gasteiger partial charge in [-0.3, -0.25) is 4.79 Å². The quantitative estimate of drug-likeness (QED) is 0.383. The summed E-state index contributed by atoms with van der Waals surface area (Å²) in [5, 5.41) is 0. The fourth-order valence-electron chi connectivity index (χ4n) is 3.00. The number of hydrogen-bond acceptors (Lipinski definition) is 5. The Morgan fingerprint density at radius 1 is 0.688 bits per heavy atom. The molecule has 0 fully saturated rings. The van der Waals surface area contributed by atoms with Gasteiger partial charge in [-0.15, -0.1) is 0 Å². The summed E-state index contributed by atoms with van der Waals surface area (Å²) in [5.41, 5.74) is 2.72. The Morgan fingerprint density at radius 2 is 1.03 bits per heavy atom. The molecule has 0 aromatic heterocycles. The van der Waals surface area contributed by atoms with Gasteiger partial charge in [0.15, 0.2) is 0 Å². The molecule has 32 heavy (non-hydrogen) atoms. The largest absolute Gasteiger partial charge is 0.462 e. The van der Waals surface area contributed by atoms with E-state index in [9.17, 15) is 14.4 Å². The van der Waals surface area contributed by atoms with Crippen LogP contribution in [0.4, 0.5) is 0 Å². The van der Waals surface area contributed by atoms with Crippen molar-refractivity contribution in [3.05, 3.63) is 82.9 Å². The van der Waals surface area contributed by atoms with Crippen molar-refractivity contribution in [2.45, 2.75) is 27.7 Å². The SMILES string of the molecule is CC(=Cc1ccccc1)C(=O)OCC(C)C(=O)C(C)COC(=O)C(C)=Cc1ccccc1. The lowest BCUT2D eigenvalue weighted by molar-refractivity contribution is -0.144. The van der Waals surface area contributed by atoms with Gasteiger partial charge < -0.3 is 9.47 Å². The summed E-state index contributed by atoms with van der Waals surface area (Å²) < 4.78 is 10.6. The van der Waals surface area contributed by atoms with E-state index in [4.69, 9.17) is 9.47 Å². The minimum absolute atomic E-state index is 0.0249. The molecule has 168 valence electrons. The molecule has 0 radical (unpaired) electrons. The molecular weight excluding hydrogens is 404 g/mol. The van der Waals surface area contributed by atoms with E-state index in [0.717, 1.165) is 11.1 Å². The van der Waals surface area contributed by atoms with Crippen LogP contribution in [0.25, 0.3) is 12.2 Å². The monoisotopic (exact) mass is 434 g/mol. The van der Waals surface area contributed by atoms with E-state index >= 15 is 0 Å². The van der Waals surface area contributed by atoms with Gasteiger partial charge in [-0.1, -0.05) is 74.5 Å². The average molecular weight is 435 g/mol. The zero-order valence-corrected chi connectivity index (χ0v) is 19.0. The van der Waals surface area contributed by atoms with Crippen molar-refractivity contribution in [3.63, 3.8) is 0 Å². The maximum Gasteiger partial charge on any atom is 0.333 e. The van der Waals surface area contributed by atoms with E-state index in [1.165, 1.54) is 0 Å². The molecule has 2 aromatic rings. The van der Waals surface area contributed by atoms with Gasteiger partial charge in [0.1, 0.15) is 19.0 Å². The Labute approximate surface area is 189 Å². The molecule has 2 unspecified atom stereocenters. The lowest BCUT2D eigenvalue weighted by Gasteiger charge is -2.17. The number of ether oxygens (including phenoxy) is 2. The van der Waals surface area contributed by atoms with Gasteiger partial charge in [-0.2, -0.15) is 0 Å². The number of ketones is 1. The molecule has 0 amide bonds. The fourth-order valence-corrected chi connectivity index (χ4v) is 3.00. The van der Waals surface area contributed by atoms with Crippen molar-refractivity contribution in [3.8, 4) is 0 Å². The molecule has 5 heteroatoms.